The Morgan fingerprint density at radius 2 is 1.69 bits per heavy atom. The van der Waals surface area contributed by atoms with Gasteiger partial charge in [0.25, 0.3) is 0 Å². The van der Waals surface area contributed by atoms with Crippen molar-refractivity contribution in [1.29, 1.82) is 0 Å². The topological polar surface area (TPSA) is 49.4 Å². The second-order valence-electron chi connectivity index (χ2n) is 9.93. The first kappa shape index (κ1) is 30.0. The van der Waals surface area contributed by atoms with E-state index in [-0.39, 0.29) is 23.6 Å². The molecule has 1 aliphatic rings. The number of benzene rings is 3. The van der Waals surface area contributed by atoms with E-state index in [9.17, 15) is 9.59 Å². The van der Waals surface area contributed by atoms with Gasteiger partial charge in [0.1, 0.15) is 6.04 Å². The van der Waals surface area contributed by atoms with Gasteiger partial charge in [-0.05, 0) is 53.8 Å². The standard InChI is InChI=1S/C31H33BrCl2N2O2S/c32-25-11-7-10-23(16-25)19-36(30(37)21-39-20-24-14-15-26(33)18-28(24)34)29(17-22-8-3-1-4-9-22)31(38)35-27-12-5-2-6-13-27/h1,3-4,7-11,14-16,18,27,29H,2,5-6,12-13,17,19-21H2,(H,35,38)/t29-/m1/s1. The zero-order valence-electron chi connectivity index (χ0n) is 21.8. The molecule has 1 atom stereocenters. The van der Waals surface area contributed by atoms with Crippen molar-refractivity contribution in [2.45, 2.75) is 62.9 Å². The van der Waals surface area contributed by atoms with E-state index in [2.05, 4.69) is 21.2 Å². The molecule has 1 N–H and O–H groups in total. The van der Waals surface area contributed by atoms with Crippen molar-refractivity contribution in [2.75, 3.05) is 5.75 Å². The Bertz CT molecular complexity index is 1250. The Morgan fingerprint density at radius 3 is 2.41 bits per heavy atom. The second-order valence-corrected chi connectivity index (χ2v) is 12.7. The van der Waals surface area contributed by atoms with E-state index in [0.29, 0.717) is 28.8 Å². The van der Waals surface area contributed by atoms with Crippen LogP contribution in [0.5, 0.6) is 0 Å². The predicted octanol–water partition coefficient (Wildman–Crippen LogP) is 8.08. The SMILES string of the molecule is O=C(NC1CCCCC1)[C@@H](Cc1ccccc1)N(Cc1cccc(Br)c1)C(=O)CSCc1ccc(Cl)cc1Cl. The molecule has 3 aromatic carbocycles. The van der Waals surface area contributed by atoms with Gasteiger partial charge in [-0.15, -0.1) is 11.8 Å². The van der Waals surface area contributed by atoms with Crippen LogP contribution in [0.4, 0.5) is 0 Å². The number of amides is 2. The summed E-state index contributed by atoms with van der Waals surface area (Å²) in [5.74, 6) is 0.642. The van der Waals surface area contributed by atoms with Gasteiger partial charge in [0.15, 0.2) is 0 Å². The van der Waals surface area contributed by atoms with Gasteiger partial charge in [-0.2, -0.15) is 0 Å². The Hall–Kier alpha value is -1.99. The molecule has 206 valence electrons. The van der Waals surface area contributed by atoms with Crippen molar-refractivity contribution in [3.63, 3.8) is 0 Å². The van der Waals surface area contributed by atoms with Crippen LogP contribution in [0.3, 0.4) is 0 Å². The normalized spacial score (nSPS) is 14.5. The molecule has 0 saturated heterocycles. The minimum atomic E-state index is -0.625. The predicted molar refractivity (Wildman–Crippen MR) is 166 cm³/mol. The van der Waals surface area contributed by atoms with Crippen molar-refractivity contribution in [3.8, 4) is 0 Å². The van der Waals surface area contributed by atoms with Gasteiger partial charge < -0.3 is 10.2 Å². The third-order valence-corrected chi connectivity index (χ3v) is 9.01. The molecule has 1 fully saturated rings. The number of halogens is 3. The van der Waals surface area contributed by atoms with Crippen LogP contribution in [-0.4, -0.2) is 34.6 Å². The molecule has 0 heterocycles. The number of thioether (sulfide) groups is 1. The van der Waals surface area contributed by atoms with E-state index in [1.54, 1.807) is 17.0 Å². The van der Waals surface area contributed by atoms with Crippen LogP contribution in [0, 0.1) is 0 Å². The van der Waals surface area contributed by atoms with Crippen LogP contribution < -0.4 is 5.32 Å². The van der Waals surface area contributed by atoms with Crippen LogP contribution in [0.2, 0.25) is 10.0 Å². The Labute approximate surface area is 254 Å². The summed E-state index contributed by atoms with van der Waals surface area (Å²) < 4.78 is 0.936. The van der Waals surface area contributed by atoms with Crippen LogP contribution in [0.1, 0.15) is 48.8 Å². The van der Waals surface area contributed by atoms with Crippen LogP contribution >= 0.6 is 50.9 Å². The van der Waals surface area contributed by atoms with Crippen molar-refractivity contribution < 1.29 is 9.59 Å². The molecule has 4 nitrogen and oxygen atoms in total. The maximum Gasteiger partial charge on any atom is 0.243 e. The van der Waals surface area contributed by atoms with Crippen molar-refractivity contribution in [3.05, 3.63) is 104 Å². The fraction of sp³-hybridized carbons (Fsp3) is 0.355. The summed E-state index contributed by atoms with van der Waals surface area (Å²) in [6.45, 7) is 0.343. The van der Waals surface area contributed by atoms with E-state index in [4.69, 9.17) is 23.2 Å². The van der Waals surface area contributed by atoms with Gasteiger partial charge in [-0.25, -0.2) is 0 Å². The minimum absolute atomic E-state index is 0.0789. The zero-order valence-corrected chi connectivity index (χ0v) is 25.7. The summed E-state index contributed by atoms with van der Waals surface area (Å²) in [5.41, 5.74) is 2.91. The molecule has 3 aromatic rings. The highest BCUT2D eigenvalue weighted by atomic mass is 79.9. The molecule has 4 rings (SSSR count). The van der Waals surface area contributed by atoms with Gasteiger partial charge in [0.05, 0.1) is 5.75 Å². The molecule has 0 unspecified atom stereocenters. The molecule has 0 aromatic heterocycles. The molecule has 1 aliphatic carbocycles. The first-order valence-electron chi connectivity index (χ1n) is 13.3. The maximum absolute atomic E-state index is 13.8. The van der Waals surface area contributed by atoms with Crippen molar-refractivity contribution >= 4 is 62.7 Å². The molecule has 2 amide bonds. The highest BCUT2D eigenvalue weighted by Gasteiger charge is 2.32. The maximum atomic E-state index is 13.8. The second kappa shape index (κ2) is 15.1. The number of nitrogens with zero attached hydrogens (tertiary/aromatic N) is 1. The summed E-state index contributed by atoms with van der Waals surface area (Å²) in [6.07, 6.45) is 5.88. The van der Waals surface area contributed by atoms with Gasteiger partial charge in [-0.1, -0.05) is 107 Å². The summed E-state index contributed by atoms with van der Waals surface area (Å²) >= 11 is 17.4. The third-order valence-electron chi connectivity index (χ3n) is 6.96. The number of carbonyl (C=O) groups is 2. The lowest BCUT2D eigenvalue weighted by Gasteiger charge is -2.33. The molecule has 0 aliphatic heterocycles. The minimum Gasteiger partial charge on any atom is -0.352 e. The number of hydrogen-bond donors (Lipinski definition) is 1. The van der Waals surface area contributed by atoms with Crippen molar-refractivity contribution in [2.24, 2.45) is 0 Å². The van der Waals surface area contributed by atoms with E-state index in [1.807, 2.05) is 60.7 Å². The number of nitrogens with one attached hydrogen (secondary N) is 1. The summed E-state index contributed by atoms with van der Waals surface area (Å²) in [6, 6.07) is 22.8. The Morgan fingerprint density at radius 1 is 0.949 bits per heavy atom. The fourth-order valence-corrected chi connectivity index (χ4v) is 6.82. The van der Waals surface area contributed by atoms with Gasteiger partial charge in [0.2, 0.25) is 11.8 Å². The molecular formula is C31H33BrCl2N2O2S. The van der Waals surface area contributed by atoms with Gasteiger partial charge >= 0.3 is 0 Å². The van der Waals surface area contributed by atoms with Gasteiger partial charge in [0, 0.05) is 39.3 Å². The van der Waals surface area contributed by atoms with E-state index < -0.39 is 6.04 Å². The lowest BCUT2D eigenvalue weighted by Crippen LogP contribution is -2.53. The first-order valence-corrected chi connectivity index (χ1v) is 16.0. The van der Waals surface area contributed by atoms with E-state index >= 15 is 0 Å². The largest absolute Gasteiger partial charge is 0.352 e. The first-order chi connectivity index (χ1) is 18.9. The lowest BCUT2D eigenvalue weighted by molar-refractivity contribution is -0.139. The average Bonchev–Trinajstić information content (AvgIpc) is 2.93. The number of hydrogen-bond acceptors (Lipinski definition) is 3. The Balaban J connectivity index is 1.57. The van der Waals surface area contributed by atoms with Gasteiger partial charge in [-0.3, -0.25) is 9.59 Å². The third kappa shape index (κ3) is 9.28. The highest BCUT2D eigenvalue weighted by Crippen LogP contribution is 2.26. The molecule has 0 bridgehead atoms. The molecule has 8 heteroatoms. The highest BCUT2D eigenvalue weighted by molar-refractivity contribution is 9.10. The van der Waals surface area contributed by atoms with E-state index in [0.717, 1.165) is 46.8 Å². The molecule has 39 heavy (non-hydrogen) atoms. The number of carbonyl (C=O) groups excluding carboxylic acids is 2. The smallest absolute Gasteiger partial charge is 0.243 e. The Kier molecular flexibility index (Phi) is 11.6. The quantitative estimate of drug-likeness (QED) is 0.229. The average molecular weight is 648 g/mol. The van der Waals surface area contributed by atoms with Crippen LogP contribution in [0.25, 0.3) is 0 Å². The molecular weight excluding hydrogens is 615 g/mol. The van der Waals surface area contributed by atoms with E-state index in [1.165, 1.54) is 18.2 Å². The number of rotatable bonds is 11. The monoisotopic (exact) mass is 646 g/mol. The molecule has 0 spiro atoms. The van der Waals surface area contributed by atoms with Crippen molar-refractivity contribution in [1.82, 2.24) is 10.2 Å². The fourth-order valence-electron chi connectivity index (χ4n) is 4.90. The summed E-state index contributed by atoms with van der Waals surface area (Å²) in [4.78, 5) is 29.4. The van der Waals surface area contributed by atoms with Crippen LogP contribution in [-0.2, 0) is 28.3 Å². The van der Waals surface area contributed by atoms with Crippen LogP contribution in [0.15, 0.2) is 77.3 Å². The summed E-state index contributed by atoms with van der Waals surface area (Å²) in [7, 11) is 0. The summed E-state index contributed by atoms with van der Waals surface area (Å²) in [5, 5.41) is 4.45. The zero-order chi connectivity index (χ0) is 27.6. The molecule has 1 saturated carbocycles. The molecule has 0 radical (unpaired) electrons. The lowest BCUT2D eigenvalue weighted by atomic mass is 9.94.